The van der Waals surface area contributed by atoms with Crippen LogP contribution >= 0.6 is 0 Å². The van der Waals surface area contributed by atoms with Crippen molar-refractivity contribution in [2.75, 3.05) is 0 Å². The van der Waals surface area contributed by atoms with E-state index in [4.69, 9.17) is 14.4 Å². The quantitative estimate of drug-likeness (QED) is 0.191. The van der Waals surface area contributed by atoms with Gasteiger partial charge in [0.2, 0.25) is 0 Å². The average molecular weight is 654 g/mol. The summed E-state index contributed by atoms with van der Waals surface area (Å²) < 4.78 is 8.78. The van der Waals surface area contributed by atoms with Gasteiger partial charge in [-0.05, 0) is 82.9 Å². The molecule has 240 valence electrons. The summed E-state index contributed by atoms with van der Waals surface area (Å²) in [5.41, 5.74) is 14.4. The van der Waals surface area contributed by atoms with Crippen LogP contribution in [0.2, 0.25) is 0 Å². The molecule has 10 aromatic rings. The first-order chi connectivity index (χ1) is 25.0. The molecule has 0 fully saturated rings. The topological polar surface area (TPSA) is 43.9 Å². The number of fused-ring (bicyclic) bond motifs is 11. The van der Waals surface area contributed by atoms with Crippen LogP contribution < -0.4 is 0 Å². The van der Waals surface area contributed by atoms with Gasteiger partial charge in [0, 0.05) is 49.2 Å². The molecule has 4 nitrogen and oxygen atoms in total. The van der Waals surface area contributed by atoms with E-state index < -0.39 is 0 Å². The van der Waals surface area contributed by atoms with E-state index in [1.807, 2.05) is 24.3 Å². The van der Waals surface area contributed by atoms with Gasteiger partial charge in [-0.15, -0.1) is 0 Å². The fourth-order valence-corrected chi connectivity index (χ4v) is 8.56. The van der Waals surface area contributed by atoms with E-state index in [1.54, 1.807) is 0 Å². The van der Waals surface area contributed by atoms with Crippen molar-refractivity contribution >= 4 is 54.6 Å². The lowest BCUT2D eigenvalue weighted by Crippen LogP contribution is -2.14. The van der Waals surface area contributed by atoms with Crippen molar-refractivity contribution < 1.29 is 4.42 Å². The van der Waals surface area contributed by atoms with Crippen LogP contribution in [0, 0.1) is 0 Å². The molecule has 0 saturated heterocycles. The fourth-order valence-electron chi connectivity index (χ4n) is 8.56. The standard InChI is InChI=1S/C47H31N3O/c1-47(2)36-24-25-42-44(33-16-8-11-19-41(33)51-42)43(36)35-27-40-34(26-37(35)47)31-14-7-10-18-39(31)50(40)30-22-20-29(21-23-30)46-48-38-17-9-6-15-32(38)45(49-46)28-12-4-3-5-13-28/h3-27H,1-2H3. The van der Waals surface area contributed by atoms with Crippen LogP contribution in [0.3, 0.4) is 0 Å². The zero-order valence-corrected chi connectivity index (χ0v) is 28.2. The number of para-hydroxylation sites is 3. The van der Waals surface area contributed by atoms with Gasteiger partial charge in [-0.25, -0.2) is 9.97 Å². The molecule has 0 spiro atoms. The number of nitrogens with zero attached hydrogens (tertiary/aromatic N) is 3. The lowest BCUT2D eigenvalue weighted by molar-refractivity contribution is 0.657. The van der Waals surface area contributed by atoms with Crippen molar-refractivity contribution in [3.8, 4) is 39.5 Å². The minimum Gasteiger partial charge on any atom is -0.456 e. The first-order valence-electron chi connectivity index (χ1n) is 17.5. The van der Waals surface area contributed by atoms with Crippen LogP contribution in [0.15, 0.2) is 156 Å². The van der Waals surface area contributed by atoms with Gasteiger partial charge in [0.1, 0.15) is 11.2 Å². The molecule has 0 amide bonds. The molecule has 0 unspecified atom stereocenters. The van der Waals surface area contributed by atoms with Gasteiger partial charge >= 0.3 is 0 Å². The van der Waals surface area contributed by atoms with Gasteiger partial charge in [-0.3, -0.25) is 0 Å². The Labute approximate surface area is 294 Å². The van der Waals surface area contributed by atoms with Crippen molar-refractivity contribution in [3.63, 3.8) is 0 Å². The highest BCUT2D eigenvalue weighted by molar-refractivity contribution is 6.17. The molecule has 1 aliphatic rings. The Kier molecular flexibility index (Phi) is 5.70. The lowest BCUT2D eigenvalue weighted by atomic mass is 9.82. The SMILES string of the molecule is CC1(C)c2cc3c4ccccc4n(-c4ccc(-c5nc(-c6ccccc6)c6ccccc6n5)cc4)c3cc2-c2c1ccc1oc3ccccc3c21. The normalized spacial score (nSPS) is 13.5. The van der Waals surface area contributed by atoms with Gasteiger partial charge in [-0.2, -0.15) is 0 Å². The second kappa shape index (κ2) is 10.3. The Bertz CT molecular complexity index is 3040. The number of furan rings is 1. The second-order valence-electron chi connectivity index (χ2n) is 14.2. The Hall–Kier alpha value is -6.52. The maximum absolute atomic E-state index is 6.38. The summed E-state index contributed by atoms with van der Waals surface area (Å²) in [7, 11) is 0. The summed E-state index contributed by atoms with van der Waals surface area (Å²) in [6.45, 7) is 4.71. The Morgan fingerprint density at radius 1 is 0.529 bits per heavy atom. The Morgan fingerprint density at radius 3 is 2.10 bits per heavy atom. The van der Waals surface area contributed by atoms with Crippen LogP contribution in [-0.4, -0.2) is 14.5 Å². The molecule has 1 aliphatic carbocycles. The van der Waals surface area contributed by atoms with Crippen LogP contribution in [-0.2, 0) is 5.41 Å². The van der Waals surface area contributed by atoms with Gasteiger partial charge in [0.15, 0.2) is 5.82 Å². The third-order valence-electron chi connectivity index (χ3n) is 11.0. The summed E-state index contributed by atoms with van der Waals surface area (Å²) >= 11 is 0. The minimum absolute atomic E-state index is 0.158. The number of benzene rings is 7. The summed E-state index contributed by atoms with van der Waals surface area (Å²) in [5.74, 6) is 0.717. The molecular weight excluding hydrogens is 623 g/mol. The Morgan fingerprint density at radius 2 is 1.25 bits per heavy atom. The molecule has 11 rings (SSSR count). The van der Waals surface area contributed by atoms with E-state index in [9.17, 15) is 0 Å². The van der Waals surface area contributed by atoms with Crippen LogP contribution in [0.1, 0.15) is 25.0 Å². The highest BCUT2D eigenvalue weighted by atomic mass is 16.3. The first kappa shape index (κ1) is 28.3. The highest BCUT2D eigenvalue weighted by Crippen LogP contribution is 2.54. The van der Waals surface area contributed by atoms with E-state index in [-0.39, 0.29) is 5.41 Å². The van der Waals surface area contributed by atoms with E-state index in [1.165, 1.54) is 49.4 Å². The maximum atomic E-state index is 6.38. The van der Waals surface area contributed by atoms with Crippen molar-refractivity contribution in [2.24, 2.45) is 0 Å². The molecule has 51 heavy (non-hydrogen) atoms. The third-order valence-corrected chi connectivity index (χ3v) is 11.0. The molecule has 7 aromatic carbocycles. The van der Waals surface area contributed by atoms with Gasteiger partial charge in [0.05, 0.1) is 22.2 Å². The fraction of sp³-hybridized carbons (Fsp3) is 0.0638. The van der Waals surface area contributed by atoms with Crippen LogP contribution in [0.25, 0.3) is 94.1 Å². The molecule has 0 aliphatic heterocycles. The second-order valence-corrected chi connectivity index (χ2v) is 14.2. The number of aromatic nitrogens is 3. The van der Waals surface area contributed by atoms with Crippen molar-refractivity contribution in [1.29, 1.82) is 0 Å². The molecule has 4 heteroatoms. The smallest absolute Gasteiger partial charge is 0.160 e. The summed E-state index contributed by atoms with van der Waals surface area (Å²) in [6, 6.07) is 53.8. The van der Waals surface area contributed by atoms with Gasteiger partial charge < -0.3 is 8.98 Å². The van der Waals surface area contributed by atoms with Gasteiger partial charge in [-0.1, -0.05) is 105 Å². The predicted octanol–water partition coefficient (Wildman–Crippen LogP) is 12.3. The monoisotopic (exact) mass is 653 g/mol. The Balaban J connectivity index is 1.12. The van der Waals surface area contributed by atoms with Crippen molar-refractivity contribution in [2.45, 2.75) is 19.3 Å². The first-order valence-corrected chi connectivity index (χ1v) is 17.5. The maximum Gasteiger partial charge on any atom is 0.160 e. The predicted molar refractivity (Wildman–Crippen MR) is 210 cm³/mol. The van der Waals surface area contributed by atoms with E-state index in [2.05, 4.69) is 146 Å². The molecule has 0 saturated carbocycles. The summed E-state index contributed by atoms with van der Waals surface area (Å²) in [5, 5.41) is 5.91. The van der Waals surface area contributed by atoms with E-state index in [0.29, 0.717) is 5.82 Å². The molecule has 3 heterocycles. The van der Waals surface area contributed by atoms with Crippen LogP contribution in [0.4, 0.5) is 0 Å². The van der Waals surface area contributed by atoms with Crippen molar-refractivity contribution in [1.82, 2.24) is 14.5 Å². The third kappa shape index (κ3) is 3.96. The number of rotatable bonds is 3. The molecule has 0 bridgehead atoms. The molecular formula is C47H31N3O. The molecule has 0 N–H and O–H groups in total. The minimum atomic E-state index is -0.158. The lowest BCUT2D eigenvalue weighted by Gasteiger charge is -2.21. The van der Waals surface area contributed by atoms with E-state index in [0.717, 1.165) is 50.0 Å². The number of hydrogen-bond acceptors (Lipinski definition) is 3. The molecule has 0 atom stereocenters. The molecule has 3 aromatic heterocycles. The van der Waals surface area contributed by atoms with Crippen molar-refractivity contribution in [3.05, 3.63) is 163 Å². The highest BCUT2D eigenvalue weighted by Gasteiger charge is 2.38. The number of hydrogen-bond donors (Lipinski definition) is 0. The molecule has 0 radical (unpaired) electrons. The summed E-state index contributed by atoms with van der Waals surface area (Å²) in [4.78, 5) is 10.1. The largest absolute Gasteiger partial charge is 0.456 e. The zero-order valence-electron chi connectivity index (χ0n) is 28.2. The summed E-state index contributed by atoms with van der Waals surface area (Å²) in [6.07, 6.45) is 0. The van der Waals surface area contributed by atoms with Crippen LogP contribution in [0.5, 0.6) is 0 Å². The van der Waals surface area contributed by atoms with Gasteiger partial charge in [0.25, 0.3) is 0 Å². The average Bonchev–Trinajstić information content (AvgIpc) is 3.79. The van der Waals surface area contributed by atoms with E-state index >= 15 is 0 Å². The zero-order chi connectivity index (χ0) is 33.8.